The molecule has 1 aromatic heterocycles. The van der Waals surface area contributed by atoms with Crippen LogP contribution in [0.5, 0.6) is 0 Å². The maximum atomic E-state index is 11.1. The molecule has 0 saturated heterocycles. The summed E-state index contributed by atoms with van der Waals surface area (Å²) in [5.41, 5.74) is 1.82. The first kappa shape index (κ1) is 12.0. The van der Waals surface area contributed by atoms with Crippen molar-refractivity contribution in [1.29, 1.82) is 0 Å². The third kappa shape index (κ3) is 2.44. The minimum absolute atomic E-state index is 0.363. The first-order valence-corrected chi connectivity index (χ1v) is 5.87. The second kappa shape index (κ2) is 4.79. The molecule has 0 aliphatic heterocycles. The van der Waals surface area contributed by atoms with Gasteiger partial charge < -0.3 is 10.4 Å². The lowest BCUT2D eigenvalue weighted by molar-refractivity contribution is -0.139. The van der Waals surface area contributed by atoms with Crippen LogP contribution in [0, 0.1) is 6.92 Å². The Balaban J connectivity index is 2.32. The average Bonchev–Trinajstić information content (AvgIpc) is 2.14. The molecule has 0 amide bonds. The van der Waals surface area contributed by atoms with Crippen LogP contribution < -0.4 is 5.32 Å². The first-order valence-electron chi connectivity index (χ1n) is 5.87. The minimum atomic E-state index is -0.947. The summed E-state index contributed by atoms with van der Waals surface area (Å²) in [5.74, 6) is -0.0960. The molecule has 5 heteroatoms. The zero-order chi connectivity index (χ0) is 12.4. The largest absolute Gasteiger partial charge is 0.480 e. The molecule has 2 rings (SSSR count). The summed E-state index contributed by atoms with van der Waals surface area (Å²) in [6.45, 7) is 1.88. The second-order valence-corrected chi connectivity index (χ2v) is 4.48. The summed E-state index contributed by atoms with van der Waals surface area (Å²) < 4.78 is 0. The summed E-state index contributed by atoms with van der Waals surface area (Å²) in [7, 11) is 1.60. The van der Waals surface area contributed by atoms with Crippen LogP contribution in [0.3, 0.4) is 0 Å². The number of carbonyl (C=O) groups is 1. The summed E-state index contributed by atoms with van der Waals surface area (Å²) in [6.07, 6.45) is 3.53. The lowest BCUT2D eigenvalue weighted by Crippen LogP contribution is -2.28. The van der Waals surface area contributed by atoms with Crippen molar-refractivity contribution in [2.24, 2.45) is 0 Å². The molecule has 0 spiro atoms. The standard InChI is InChI=1S/C12H17N3O2/c1-7-6-9(8-4-3-5-8)15-11(14-7)10(13-2)12(16)17/h6,8,10,13H,3-5H2,1-2H3,(H,16,17). The highest BCUT2D eigenvalue weighted by Gasteiger charge is 2.25. The van der Waals surface area contributed by atoms with Crippen LogP contribution in [-0.4, -0.2) is 28.1 Å². The molecule has 0 aromatic carbocycles. The molecule has 1 atom stereocenters. The van der Waals surface area contributed by atoms with Gasteiger partial charge in [-0.25, -0.2) is 9.97 Å². The molecule has 92 valence electrons. The van der Waals surface area contributed by atoms with Crippen LogP contribution >= 0.6 is 0 Å². The molecule has 1 saturated carbocycles. The van der Waals surface area contributed by atoms with Gasteiger partial charge in [-0.05, 0) is 32.9 Å². The number of carboxylic acids is 1. The van der Waals surface area contributed by atoms with Gasteiger partial charge in [0, 0.05) is 17.3 Å². The van der Waals surface area contributed by atoms with Gasteiger partial charge in [-0.2, -0.15) is 0 Å². The van der Waals surface area contributed by atoms with Gasteiger partial charge >= 0.3 is 5.97 Å². The topological polar surface area (TPSA) is 75.1 Å². The van der Waals surface area contributed by atoms with E-state index < -0.39 is 12.0 Å². The van der Waals surface area contributed by atoms with E-state index in [9.17, 15) is 4.79 Å². The maximum absolute atomic E-state index is 11.1. The lowest BCUT2D eigenvalue weighted by atomic mass is 9.82. The van der Waals surface area contributed by atoms with Crippen molar-refractivity contribution < 1.29 is 9.90 Å². The summed E-state index contributed by atoms with van der Waals surface area (Å²) in [4.78, 5) is 19.7. The third-order valence-electron chi connectivity index (χ3n) is 3.21. The fourth-order valence-corrected chi connectivity index (χ4v) is 2.02. The Hall–Kier alpha value is -1.49. The van der Waals surface area contributed by atoms with Crippen molar-refractivity contribution in [3.63, 3.8) is 0 Å². The SMILES string of the molecule is CNC(C(=O)O)c1nc(C)cc(C2CCC2)n1. The van der Waals surface area contributed by atoms with E-state index in [2.05, 4.69) is 15.3 Å². The van der Waals surface area contributed by atoms with Gasteiger partial charge in [-0.3, -0.25) is 4.79 Å². The molecule has 1 unspecified atom stereocenters. The van der Waals surface area contributed by atoms with Crippen LogP contribution in [-0.2, 0) is 4.79 Å². The summed E-state index contributed by atoms with van der Waals surface area (Å²) >= 11 is 0. The number of aromatic nitrogens is 2. The van der Waals surface area contributed by atoms with Crippen LogP contribution in [0.4, 0.5) is 0 Å². The molecule has 1 aliphatic carbocycles. The van der Waals surface area contributed by atoms with Gasteiger partial charge in [-0.15, -0.1) is 0 Å². The quantitative estimate of drug-likeness (QED) is 0.825. The Bertz CT molecular complexity index is 430. The van der Waals surface area contributed by atoms with E-state index in [-0.39, 0.29) is 0 Å². The maximum Gasteiger partial charge on any atom is 0.328 e. The Morgan fingerprint density at radius 3 is 2.71 bits per heavy atom. The monoisotopic (exact) mass is 235 g/mol. The van der Waals surface area contributed by atoms with E-state index in [4.69, 9.17) is 5.11 Å². The van der Waals surface area contributed by atoms with Gasteiger partial charge in [0.15, 0.2) is 11.9 Å². The number of nitrogens with one attached hydrogen (secondary N) is 1. The van der Waals surface area contributed by atoms with Crippen molar-refractivity contribution in [1.82, 2.24) is 15.3 Å². The zero-order valence-electron chi connectivity index (χ0n) is 10.1. The molecule has 1 heterocycles. The number of likely N-dealkylation sites (N-methyl/N-ethyl adjacent to an activating group) is 1. The molecule has 0 radical (unpaired) electrons. The second-order valence-electron chi connectivity index (χ2n) is 4.48. The number of rotatable bonds is 4. The molecular formula is C12H17N3O2. The van der Waals surface area contributed by atoms with Gasteiger partial charge in [0.25, 0.3) is 0 Å². The molecule has 1 aliphatic rings. The number of hydrogen-bond acceptors (Lipinski definition) is 4. The number of aliphatic carboxylic acids is 1. The first-order chi connectivity index (χ1) is 8.11. The Kier molecular flexibility index (Phi) is 3.38. The Morgan fingerprint density at radius 1 is 1.53 bits per heavy atom. The number of hydrogen-bond donors (Lipinski definition) is 2. The summed E-state index contributed by atoms with van der Waals surface area (Å²) in [5, 5.41) is 11.8. The number of carboxylic acid groups (broad SMARTS) is 1. The van der Waals surface area contributed by atoms with E-state index in [0.717, 1.165) is 24.2 Å². The molecular weight excluding hydrogens is 218 g/mol. The molecule has 5 nitrogen and oxygen atoms in total. The highest BCUT2D eigenvalue weighted by atomic mass is 16.4. The molecule has 1 fully saturated rings. The fraction of sp³-hybridized carbons (Fsp3) is 0.583. The Labute approximate surface area is 100 Å². The van der Waals surface area contributed by atoms with E-state index in [1.807, 2.05) is 13.0 Å². The molecule has 0 bridgehead atoms. The van der Waals surface area contributed by atoms with Crippen molar-refractivity contribution in [3.8, 4) is 0 Å². The van der Waals surface area contributed by atoms with Crippen molar-refractivity contribution in [2.45, 2.75) is 38.1 Å². The van der Waals surface area contributed by atoms with Gasteiger partial charge in [0.2, 0.25) is 0 Å². The summed E-state index contributed by atoms with van der Waals surface area (Å²) in [6, 6.07) is 1.13. The number of nitrogens with zero attached hydrogens (tertiary/aromatic N) is 2. The van der Waals surface area contributed by atoms with Crippen LogP contribution in [0.15, 0.2) is 6.07 Å². The van der Waals surface area contributed by atoms with Crippen molar-refractivity contribution in [3.05, 3.63) is 23.3 Å². The fourth-order valence-electron chi connectivity index (χ4n) is 2.02. The molecule has 1 aromatic rings. The van der Waals surface area contributed by atoms with Gasteiger partial charge in [-0.1, -0.05) is 6.42 Å². The minimum Gasteiger partial charge on any atom is -0.480 e. The predicted octanol–water partition coefficient (Wildman–Crippen LogP) is 1.40. The predicted molar refractivity (Wildman–Crippen MR) is 62.8 cm³/mol. The zero-order valence-corrected chi connectivity index (χ0v) is 10.1. The van der Waals surface area contributed by atoms with Crippen molar-refractivity contribution in [2.75, 3.05) is 7.05 Å². The van der Waals surface area contributed by atoms with Crippen LogP contribution in [0.25, 0.3) is 0 Å². The van der Waals surface area contributed by atoms with Crippen LogP contribution in [0.2, 0.25) is 0 Å². The highest BCUT2D eigenvalue weighted by Crippen LogP contribution is 2.35. The normalized spacial score (nSPS) is 17.5. The molecule has 2 N–H and O–H groups in total. The van der Waals surface area contributed by atoms with E-state index in [0.29, 0.717) is 11.7 Å². The van der Waals surface area contributed by atoms with Gasteiger partial charge in [0.05, 0.1) is 0 Å². The molecule has 17 heavy (non-hydrogen) atoms. The van der Waals surface area contributed by atoms with E-state index in [1.165, 1.54) is 6.42 Å². The van der Waals surface area contributed by atoms with E-state index >= 15 is 0 Å². The van der Waals surface area contributed by atoms with Crippen LogP contribution in [0.1, 0.15) is 48.4 Å². The smallest absolute Gasteiger partial charge is 0.328 e. The van der Waals surface area contributed by atoms with Crippen molar-refractivity contribution >= 4 is 5.97 Å². The number of aryl methyl sites for hydroxylation is 1. The Morgan fingerprint density at radius 2 is 2.24 bits per heavy atom. The van der Waals surface area contributed by atoms with Gasteiger partial charge in [0.1, 0.15) is 0 Å². The third-order valence-corrected chi connectivity index (χ3v) is 3.21. The lowest BCUT2D eigenvalue weighted by Gasteiger charge is -2.25. The average molecular weight is 235 g/mol. The van der Waals surface area contributed by atoms with E-state index in [1.54, 1.807) is 7.05 Å². The highest BCUT2D eigenvalue weighted by molar-refractivity contribution is 5.74.